The molecule has 126 valence electrons. The van der Waals surface area contributed by atoms with Crippen molar-refractivity contribution in [2.24, 2.45) is 5.92 Å². The van der Waals surface area contributed by atoms with Crippen LogP contribution in [-0.4, -0.2) is 48.1 Å². The Labute approximate surface area is 130 Å². The summed E-state index contributed by atoms with van der Waals surface area (Å²) < 4.78 is 23.0. The number of carbonyl (C=O) groups excluding carboxylic acids is 1. The van der Waals surface area contributed by atoms with Crippen molar-refractivity contribution in [1.82, 2.24) is 0 Å². The van der Waals surface area contributed by atoms with Crippen LogP contribution in [0.25, 0.3) is 0 Å². The van der Waals surface area contributed by atoms with Crippen LogP contribution >= 0.6 is 0 Å². The predicted molar refractivity (Wildman–Crippen MR) is 85.3 cm³/mol. The van der Waals surface area contributed by atoms with Gasteiger partial charge in [0.25, 0.3) is 0 Å². The zero-order valence-electron chi connectivity index (χ0n) is 14.2. The first-order valence-corrected chi connectivity index (χ1v) is 9.90. The average Bonchev–Trinajstić information content (AvgIpc) is 2.44. The molecule has 0 saturated carbocycles. The van der Waals surface area contributed by atoms with Gasteiger partial charge in [-0.3, -0.25) is 0 Å². The molecule has 0 rings (SSSR count). The molecule has 0 aromatic heterocycles. The Morgan fingerprint density at radius 3 is 1.95 bits per heavy atom. The second kappa shape index (κ2) is 12.3. The lowest BCUT2D eigenvalue weighted by molar-refractivity contribution is -0.109. The highest BCUT2D eigenvalue weighted by molar-refractivity contribution is 6.60. The fourth-order valence-corrected chi connectivity index (χ4v) is 5.10. The number of ether oxygens (including phenoxy) is 1. The van der Waals surface area contributed by atoms with Gasteiger partial charge in [0, 0.05) is 39.4 Å². The van der Waals surface area contributed by atoms with Gasteiger partial charge in [-0.2, -0.15) is 0 Å². The Bertz CT molecular complexity index is 245. The van der Waals surface area contributed by atoms with Crippen LogP contribution in [0.3, 0.4) is 0 Å². The summed E-state index contributed by atoms with van der Waals surface area (Å²) in [7, 11) is -0.855. The minimum atomic E-state index is -2.55. The van der Waals surface area contributed by atoms with Crippen LogP contribution in [0.2, 0.25) is 6.04 Å². The fourth-order valence-electron chi connectivity index (χ4n) is 2.46. The SMILES string of the molecule is CCO[Si](CCCC(OC)C(C)CC=O)(OCC)OCC. The van der Waals surface area contributed by atoms with E-state index in [1.165, 1.54) is 0 Å². The van der Waals surface area contributed by atoms with E-state index in [1.807, 2.05) is 27.7 Å². The van der Waals surface area contributed by atoms with Gasteiger partial charge in [-0.05, 0) is 39.5 Å². The van der Waals surface area contributed by atoms with Gasteiger partial charge in [-0.15, -0.1) is 0 Å². The van der Waals surface area contributed by atoms with E-state index in [2.05, 4.69) is 0 Å². The molecule has 0 radical (unpaired) electrons. The van der Waals surface area contributed by atoms with E-state index in [0.29, 0.717) is 26.2 Å². The lowest BCUT2D eigenvalue weighted by Crippen LogP contribution is -2.46. The van der Waals surface area contributed by atoms with Gasteiger partial charge in [0.15, 0.2) is 0 Å². The van der Waals surface area contributed by atoms with Gasteiger partial charge >= 0.3 is 8.80 Å². The van der Waals surface area contributed by atoms with Crippen molar-refractivity contribution in [2.45, 2.75) is 59.1 Å². The van der Waals surface area contributed by atoms with Crippen LogP contribution in [0.5, 0.6) is 0 Å². The predicted octanol–water partition coefficient (Wildman–Crippen LogP) is 3.06. The summed E-state index contributed by atoms with van der Waals surface area (Å²) in [6, 6.07) is 0.788. The highest BCUT2D eigenvalue weighted by Gasteiger charge is 2.39. The van der Waals surface area contributed by atoms with E-state index in [9.17, 15) is 4.79 Å². The first-order valence-electron chi connectivity index (χ1n) is 7.97. The van der Waals surface area contributed by atoms with Crippen LogP contribution in [0.4, 0.5) is 0 Å². The molecule has 21 heavy (non-hydrogen) atoms. The molecule has 0 saturated heterocycles. The molecule has 0 fully saturated rings. The van der Waals surface area contributed by atoms with Gasteiger partial charge in [0.2, 0.25) is 0 Å². The summed E-state index contributed by atoms with van der Waals surface area (Å²) >= 11 is 0. The molecule has 0 aliphatic carbocycles. The maximum Gasteiger partial charge on any atom is 0.500 e. The Kier molecular flexibility index (Phi) is 12.1. The Balaban J connectivity index is 4.47. The van der Waals surface area contributed by atoms with Crippen LogP contribution in [0.1, 0.15) is 47.0 Å². The molecule has 0 heterocycles. The molecule has 0 aliphatic heterocycles. The first kappa shape index (κ1) is 20.7. The van der Waals surface area contributed by atoms with Crippen molar-refractivity contribution in [1.29, 1.82) is 0 Å². The van der Waals surface area contributed by atoms with Gasteiger partial charge < -0.3 is 22.8 Å². The maximum atomic E-state index is 10.6. The zero-order chi connectivity index (χ0) is 16.1. The molecular formula is C15H32O5Si. The summed E-state index contributed by atoms with van der Waals surface area (Å²) in [5.41, 5.74) is 0. The highest BCUT2D eigenvalue weighted by atomic mass is 28.4. The summed E-state index contributed by atoms with van der Waals surface area (Å²) in [5, 5.41) is 0. The molecule has 0 N–H and O–H groups in total. The number of aldehydes is 1. The van der Waals surface area contributed by atoms with Crippen molar-refractivity contribution in [3.05, 3.63) is 0 Å². The third-order valence-electron chi connectivity index (χ3n) is 3.47. The van der Waals surface area contributed by atoms with Crippen LogP contribution in [-0.2, 0) is 22.8 Å². The van der Waals surface area contributed by atoms with E-state index < -0.39 is 8.80 Å². The third kappa shape index (κ3) is 8.06. The normalized spacial score (nSPS) is 14.9. The topological polar surface area (TPSA) is 54.0 Å². The number of hydrogen-bond donors (Lipinski definition) is 0. The molecule has 0 aromatic rings. The van der Waals surface area contributed by atoms with Gasteiger partial charge in [0.05, 0.1) is 6.10 Å². The second-order valence-electron chi connectivity index (χ2n) is 5.03. The van der Waals surface area contributed by atoms with E-state index >= 15 is 0 Å². The molecule has 0 amide bonds. The highest BCUT2D eigenvalue weighted by Crippen LogP contribution is 2.23. The van der Waals surface area contributed by atoms with Crippen molar-refractivity contribution >= 4 is 15.1 Å². The maximum absolute atomic E-state index is 10.6. The van der Waals surface area contributed by atoms with E-state index in [-0.39, 0.29) is 12.0 Å². The Morgan fingerprint density at radius 2 is 1.57 bits per heavy atom. The molecule has 0 spiro atoms. The average molecular weight is 321 g/mol. The number of hydrogen-bond acceptors (Lipinski definition) is 5. The van der Waals surface area contributed by atoms with E-state index in [0.717, 1.165) is 25.2 Å². The first-order chi connectivity index (χ1) is 10.1. The standard InChI is InChI=1S/C15H32O5Si/c1-6-18-21(19-7-2,20-8-3)13-9-10-15(17-5)14(4)11-12-16/h12,14-15H,6-11,13H2,1-5H3. The molecule has 0 aromatic carbocycles. The molecule has 0 aliphatic rings. The quantitative estimate of drug-likeness (QED) is 0.364. The lowest BCUT2D eigenvalue weighted by atomic mass is 9.98. The lowest BCUT2D eigenvalue weighted by Gasteiger charge is -2.29. The molecule has 2 unspecified atom stereocenters. The minimum absolute atomic E-state index is 0.0896. The Morgan fingerprint density at radius 1 is 1.05 bits per heavy atom. The van der Waals surface area contributed by atoms with Crippen molar-refractivity contribution < 1.29 is 22.8 Å². The number of carbonyl (C=O) groups is 1. The summed E-state index contributed by atoms with van der Waals surface area (Å²) in [6.07, 6.45) is 3.37. The van der Waals surface area contributed by atoms with Gasteiger partial charge in [0.1, 0.15) is 6.29 Å². The van der Waals surface area contributed by atoms with Crippen LogP contribution in [0.15, 0.2) is 0 Å². The smallest absolute Gasteiger partial charge is 0.381 e. The largest absolute Gasteiger partial charge is 0.500 e. The van der Waals surface area contributed by atoms with E-state index in [4.69, 9.17) is 18.0 Å². The molecule has 0 bridgehead atoms. The number of rotatable bonds is 14. The molecule has 6 heteroatoms. The van der Waals surface area contributed by atoms with Gasteiger partial charge in [-0.25, -0.2) is 0 Å². The molecular weight excluding hydrogens is 288 g/mol. The van der Waals surface area contributed by atoms with Crippen molar-refractivity contribution in [3.63, 3.8) is 0 Å². The third-order valence-corrected chi connectivity index (χ3v) is 6.62. The summed E-state index contributed by atoms with van der Waals surface area (Å²) in [5.74, 6) is 0.231. The molecule has 2 atom stereocenters. The van der Waals surface area contributed by atoms with Gasteiger partial charge in [-0.1, -0.05) is 6.92 Å². The van der Waals surface area contributed by atoms with E-state index in [1.54, 1.807) is 7.11 Å². The zero-order valence-corrected chi connectivity index (χ0v) is 15.2. The summed E-state index contributed by atoms with van der Waals surface area (Å²) in [4.78, 5) is 10.6. The summed E-state index contributed by atoms with van der Waals surface area (Å²) in [6.45, 7) is 9.73. The van der Waals surface area contributed by atoms with Crippen molar-refractivity contribution in [3.8, 4) is 0 Å². The fraction of sp³-hybridized carbons (Fsp3) is 0.933. The molecule has 5 nitrogen and oxygen atoms in total. The Hall–Kier alpha value is -0.273. The monoisotopic (exact) mass is 320 g/mol. The number of methoxy groups -OCH3 is 1. The minimum Gasteiger partial charge on any atom is -0.381 e. The van der Waals surface area contributed by atoms with Crippen LogP contribution < -0.4 is 0 Å². The van der Waals surface area contributed by atoms with Crippen molar-refractivity contribution in [2.75, 3.05) is 26.9 Å². The van der Waals surface area contributed by atoms with Crippen LogP contribution in [0, 0.1) is 5.92 Å². The second-order valence-corrected chi connectivity index (χ2v) is 7.76.